The molecule has 1 aromatic carbocycles. The topological polar surface area (TPSA) is 37.8 Å². The third-order valence-corrected chi connectivity index (χ3v) is 2.42. The van der Waals surface area contributed by atoms with E-state index in [2.05, 4.69) is 15.3 Å². The predicted octanol–water partition coefficient (Wildman–Crippen LogP) is 3.00. The predicted molar refractivity (Wildman–Crippen MR) is 58.8 cm³/mol. The minimum Gasteiger partial charge on any atom is -0.373 e. The van der Waals surface area contributed by atoms with Gasteiger partial charge in [-0.15, -0.1) is 0 Å². The van der Waals surface area contributed by atoms with E-state index in [1.807, 2.05) is 0 Å². The molecule has 17 heavy (non-hydrogen) atoms. The van der Waals surface area contributed by atoms with Gasteiger partial charge in [-0.3, -0.25) is 0 Å². The Morgan fingerprint density at radius 2 is 1.88 bits per heavy atom. The van der Waals surface area contributed by atoms with E-state index in [0.29, 0.717) is 5.39 Å². The van der Waals surface area contributed by atoms with Gasteiger partial charge in [0.05, 0.1) is 5.52 Å². The van der Waals surface area contributed by atoms with Crippen molar-refractivity contribution in [1.29, 1.82) is 0 Å². The highest BCUT2D eigenvalue weighted by Gasteiger charge is 2.35. The van der Waals surface area contributed by atoms with Crippen LogP contribution in [-0.4, -0.2) is 17.0 Å². The Morgan fingerprint density at radius 3 is 2.47 bits per heavy atom. The van der Waals surface area contributed by atoms with Crippen LogP contribution in [0.2, 0.25) is 0 Å². The monoisotopic (exact) mass is 241 g/mol. The third kappa shape index (κ3) is 2.02. The first-order chi connectivity index (χ1) is 7.93. The lowest BCUT2D eigenvalue weighted by atomic mass is 10.1. The summed E-state index contributed by atoms with van der Waals surface area (Å²) in [5.74, 6) is -0.930. The molecule has 6 heteroatoms. The van der Waals surface area contributed by atoms with E-state index in [1.165, 1.54) is 7.05 Å². The maximum absolute atomic E-state index is 12.6. The summed E-state index contributed by atoms with van der Waals surface area (Å²) >= 11 is 0. The van der Waals surface area contributed by atoms with Crippen molar-refractivity contribution in [1.82, 2.24) is 9.97 Å². The Balaban J connectivity index is 2.80. The molecule has 0 radical (unpaired) electrons. The Bertz CT molecular complexity index is 564. The van der Waals surface area contributed by atoms with Gasteiger partial charge in [0.1, 0.15) is 5.82 Å². The van der Waals surface area contributed by atoms with Crippen molar-refractivity contribution in [3.8, 4) is 0 Å². The standard InChI is InChI=1S/C11H10F3N3/c1-6-4-3-5-7-8(6)9(15-2)17-10(16-7)11(12,13)14/h3-5H,1-2H3,(H,15,16,17). The van der Waals surface area contributed by atoms with Crippen LogP contribution in [0, 0.1) is 6.92 Å². The molecule has 0 aliphatic rings. The number of nitrogens with one attached hydrogen (secondary N) is 1. The van der Waals surface area contributed by atoms with Gasteiger partial charge < -0.3 is 5.32 Å². The van der Waals surface area contributed by atoms with Gasteiger partial charge in [-0.2, -0.15) is 13.2 Å². The van der Waals surface area contributed by atoms with E-state index >= 15 is 0 Å². The van der Waals surface area contributed by atoms with Crippen LogP contribution in [0.1, 0.15) is 11.4 Å². The smallest absolute Gasteiger partial charge is 0.373 e. The molecule has 1 heterocycles. The molecule has 2 rings (SSSR count). The molecule has 0 saturated heterocycles. The number of nitrogens with zero attached hydrogens (tertiary/aromatic N) is 2. The van der Waals surface area contributed by atoms with Crippen molar-refractivity contribution in [2.45, 2.75) is 13.1 Å². The van der Waals surface area contributed by atoms with E-state index < -0.39 is 12.0 Å². The summed E-state index contributed by atoms with van der Waals surface area (Å²) in [6, 6.07) is 5.02. The minimum atomic E-state index is -4.54. The number of alkyl halides is 3. The molecule has 90 valence electrons. The van der Waals surface area contributed by atoms with Gasteiger partial charge >= 0.3 is 6.18 Å². The van der Waals surface area contributed by atoms with E-state index in [4.69, 9.17) is 0 Å². The molecule has 0 aliphatic carbocycles. The Morgan fingerprint density at radius 1 is 1.18 bits per heavy atom. The van der Waals surface area contributed by atoms with Gasteiger partial charge in [0.15, 0.2) is 0 Å². The number of hydrogen-bond donors (Lipinski definition) is 1. The van der Waals surface area contributed by atoms with Crippen LogP contribution in [0.15, 0.2) is 18.2 Å². The Labute approximate surface area is 95.7 Å². The van der Waals surface area contributed by atoms with Crippen LogP contribution >= 0.6 is 0 Å². The summed E-state index contributed by atoms with van der Waals surface area (Å²) in [4.78, 5) is 7.04. The molecule has 1 N–H and O–H groups in total. The largest absolute Gasteiger partial charge is 0.451 e. The highest BCUT2D eigenvalue weighted by Crippen LogP contribution is 2.31. The van der Waals surface area contributed by atoms with Crippen molar-refractivity contribution in [2.75, 3.05) is 12.4 Å². The van der Waals surface area contributed by atoms with Crippen molar-refractivity contribution in [3.05, 3.63) is 29.6 Å². The summed E-state index contributed by atoms with van der Waals surface area (Å²) in [5, 5.41) is 3.29. The Kier molecular flexibility index (Phi) is 2.65. The molecule has 0 fully saturated rings. The van der Waals surface area contributed by atoms with Gasteiger partial charge in [0, 0.05) is 12.4 Å². The average molecular weight is 241 g/mol. The normalized spacial score (nSPS) is 11.8. The zero-order chi connectivity index (χ0) is 12.6. The quantitative estimate of drug-likeness (QED) is 0.834. The number of anilines is 1. The number of hydrogen-bond acceptors (Lipinski definition) is 3. The number of aromatic nitrogens is 2. The van der Waals surface area contributed by atoms with Crippen LogP contribution in [0.25, 0.3) is 10.9 Å². The molecule has 0 aliphatic heterocycles. The van der Waals surface area contributed by atoms with Gasteiger partial charge in [-0.1, -0.05) is 12.1 Å². The lowest BCUT2D eigenvalue weighted by Crippen LogP contribution is -2.13. The number of aryl methyl sites for hydroxylation is 1. The fraction of sp³-hybridized carbons (Fsp3) is 0.273. The van der Waals surface area contributed by atoms with E-state index in [1.54, 1.807) is 25.1 Å². The van der Waals surface area contributed by atoms with Crippen LogP contribution in [0.4, 0.5) is 19.0 Å². The lowest BCUT2D eigenvalue weighted by Gasteiger charge is -2.11. The number of halogens is 3. The first-order valence-electron chi connectivity index (χ1n) is 4.96. The summed E-state index contributed by atoms with van der Waals surface area (Å²) in [6.07, 6.45) is -4.54. The summed E-state index contributed by atoms with van der Waals surface area (Å²) in [6.45, 7) is 1.81. The second kappa shape index (κ2) is 3.87. The van der Waals surface area contributed by atoms with Crippen molar-refractivity contribution in [2.24, 2.45) is 0 Å². The van der Waals surface area contributed by atoms with E-state index in [9.17, 15) is 13.2 Å². The second-order valence-corrected chi connectivity index (χ2v) is 3.61. The zero-order valence-electron chi connectivity index (χ0n) is 9.26. The first kappa shape index (κ1) is 11.6. The third-order valence-electron chi connectivity index (χ3n) is 2.42. The molecule has 2 aromatic rings. The van der Waals surface area contributed by atoms with Gasteiger partial charge in [-0.25, -0.2) is 9.97 Å². The Hall–Kier alpha value is -1.85. The molecule has 0 amide bonds. The summed E-state index contributed by atoms with van der Waals surface area (Å²) in [5.41, 5.74) is 1.12. The number of benzene rings is 1. The minimum absolute atomic E-state index is 0.195. The fourth-order valence-electron chi connectivity index (χ4n) is 1.66. The highest BCUT2D eigenvalue weighted by atomic mass is 19.4. The molecule has 0 atom stereocenters. The van der Waals surface area contributed by atoms with Crippen molar-refractivity contribution in [3.63, 3.8) is 0 Å². The molecule has 1 aromatic heterocycles. The SMILES string of the molecule is CNc1nc(C(F)(F)F)nc2cccc(C)c12. The number of rotatable bonds is 1. The van der Waals surface area contributed by atoms with Crippen molar-refractivity contribution >= 4 is 16.7 Å². The molecule has 3 nitrogen and oxygen atoms in total. The summed E-state index contributed by atoms with van der Waals surface area (Å²) < 4.78 is 37.7. The lowest BCUT2D eigenvalue weighted by molar-refractivity contribution is -0.144. The van der Waals surface area contributed by atoms with Crippen LogP contribution in [0.3, 0.4) is 0 Å². The fourth-order valence-corrected chi connectivity index (χ4v) is 1.66. The maximum atomic E-state index is 12.6. The van der Waals surface area contributed by atoms with E-state index in [0.717, 1.165) is 5.56 Å². The molecular weight excluding hydrogens is 231 g/mol. The molecule has 0 saturated carbocycles. The molecular formula is C11H10F3N3. The number of fused-ring (bicyclic) bond motifs is 1. The first-order valence-corrected chi connectivity index (χ1v) is 4.96. The van der Waals surface area contributed by atoms with Gasteiger partial charge in [0.25, 0.3) is 0 Å². The molecule has 0 bridgehead atoms. The van der Waals surface area contributed by atoms with Gasteiger partial charge in [0.2, 0.25) is 5.82 Å². The molecule has 0 spiro atoms. The average Bonchev–Trinajstić information content (AvgIpc) is 2.26. The summed E-state index contributed by atoms with van der Waals surface area (Å²) in [7, 11) is 1.54. The van der Waals surface area contributed by atoms with Gasteiger partial charge in [-0.05, 0) is 18.6 Å². The van der Waals surface area contributed by atoms with Crippen LogP contribution in [-0.2, 0) is 6.18 Å². The van der Waals surface area contributed by atoms with Crippen molar-refractivity contribution < 1.29 is 13.2 Å². The zero-order valence-corrected chi connectivity index (χ0v) is 9.26. The second-order valence-electron chi connectivity index (χ2n) is 3.61. The maximum Gasteiger partial charge on any atom is 0.451 e. The highest BCUT2D eigenvalue weighted by molar-refractivity contribution is 5.91. The van der Waals surface area contributed by atoms with Crippen LogP contribution < -0.4 is 5.32 Å². The van der Waals surface area contributed by atoms with E-state index in [-0.39, 0.29) is 11.3 Å². The van der Waals surface area contributed by atoms with Crippen LogP contribution in [0.5, 0.6) is 0 Å². The molecule has 0 unspecified atom stereocenters.